The predicted molar refractivity (Wildman–Crippen MR) is 283 cm³/mol. The molecule has 4 nitrogen and oxygen atoms in total. The van der Waals surface area contributed by atoms with E-state index >= 15 is 0 Å². The van der Waals surface area contributed by atoms with Gasteiger partial charge in [0.15, 0.2) is 0 Å². The third kappa shape index (κ3) is 8.45. The molecule has 0 saturated heterocycles. The molecule has 4 unspecified atom stereocenters. The average Bonchev–Trinajstić information content (AvgIpc) is 4.24. The molecule has 0 saturated carbocycles. The average molecular weight is 1010 g/mol. The van der Waals surface area contributed by atoms with Crippen LogP contribution in [0.3, 0.4) is 0 Å². The number of nitrogens with zero attached hydrogens (tertiary/aromatic N) is 2. The van der Waals surface area contributed by atoms with E-state index < -0.39 is 0 Å². The van der Waals surface area contributed by atoms with E-state index in [1.807, 2.05) is 11.8 Å². The monoisotopic (exact) mass is 1010 g/mol. The van der Waals surface area contributed by atoms with Crippen molar-refractivity contribution in [3.63, 3.8) is 0 Å². The third-order valence-corrected chi connectivity index (χ3v) is 19.4. The maximum atomic E-state index is 5.53. The first kappa shape index (κ1) is 41.9. The predicted octanol–water partition coefficient (Wildman–Crippen LogP) is 8.32. The van der Waals surface area contributed by atoms with Crippen molar-refractivity contribution in [3.05, 3.63) is 286 Å². The van der Waals surface area contributed by atoms with Gasteiger partial charge in [-0.25, -0.2) is 0 Å². The summed E-state index contributed by atoms with van der Waals surface area (Å²) in [4.78, 5) is 14.8. The summed E-state index contributed by atoms with van der Waals surface area (Å²) in [5.41, 5.74) is 13.7. The van der Waals surface area contributed by atoms with Crippen LogP contribution in [0.5, 0.6) is 0 Å². The normalized spacial score (nSPS) is 25.8. The Kier molecular flexibility index (Phi) is 11.6. The topological polar surface area (TPSA) is 52.5 Å². The molecule has 0 aliphatic carbocycles. The minimum atomic E-state index is -0.0996. The molecule has 0 radical (unpaired) electrons. The van der Waals surface area contributed by atoms with Crippen LogP contribution in [0, 0.1) is 8.19 Å². The van der Waals surface area contributed by atoms with E-state index in [0.717, 1.165) is 33.5 Å². The fourth-order valence-corrected chi connectivity index (χ4v) is 16.1. The number of hydrogen-bond acceptors (Lipinski definition) is 4. The number of aliphatic imine (C=N–C) groups is 2. The Morgan fingerprint density at radius 1 is 0.403 bits per heavy atom. The molecule has 5 aliphatic heterocycles. The summed E-state index contributed by atoms with van der Waals surface area (Å²) >= 11 is 2.16. The zero-order chi connectivity index (χ0) is 44.5. The van der Waals surface area contributed by atoms with Crippen LogP contribution >= 0.6 is 11.8 Å². The molecule has 2 N–H and O–H groups in total. The van der Waals surface area contributed by atoms with Crippen LogP contribution in [0.4, 0.5) is 0 Å². The minimum absolute atomic E-state index is 0.00339. The van der Waals surface area contributed by atoms with Gasteiger partial charge in [0.05, 0.1) is 0 Å². The van der Waals surface area contributed by atoms with Gasteiger partial charge in [0.2, 0.25) is 0 Å². The number of nitrogens with one attached hydrogen (secondary N) is 2. The summed E-state index contributed by atoms with van der Waals surface area (Å²) in [5, 5.41) is 6.19. The quantitative estimate of drug-likeness (QED) is 0.175. The molecule has 3 aromatic heterocycles. The molecule has 0 spiro atoms. The molecule has 4 atom stereocenters. The van der Waals surface area contributed by atoms with E-state index in [4.69, 9.17) is 9.98 Å². The molecule has 0 amide bonds. The first-order valence-electron chi connectivity index (χ1n) is 22.7. The molecule has 7 aromatic rings. The van der Waals surface area contributed by atoms with Gasteiger partial charge in [-0.1, -0.05) is 12.1 Å². The SMILES string of the molecule is C1=CC2NC(C=C1)/C(c1ccccc1)=c1/cc/c([se]1)=c1\cc/c([se]1)=C(\c1ccccc1)C1=N/C(=c3/cc/c([nH]3)=C(\c3ccccc3)C3C=CC=CC(S3)/C(c3ccccc3)=C3\C=CC2=N3)C=C1. The van der Waals surface area contributed by atoms with Crippen LogP contribution in [0.25, 0.3) is 28.0 Å². The Balaban J connectivity index is 1.12. The number of hydrogen-bond donors (Lipinski definition) is 2. The van der Waals surface area contributed by atoms with Crippen LogP contribution in [0.1, 0.15) is 22.3 Å². The summed E-state index contributed by atoms with van der Waals surface area (Å²) < 4.78 is 5.64. The summed E-state index contributed by atoms with van der Waals surface area (Å²) in [7, 11) is 0. The Bertz CT molecular complexity index is 3690. The Morgan fingerprint density at radius 2 is 0.925 bits per heavy atom. The van der Waals surface area contributed by atoms with Crippen molar-refractivity contribution in [1.82, 2.24) is 10.3 Å². The second-order valence-electron chi connectivity index (χ2n) is 16.8. The zero-order valence-corrected chi connectivity index (χ0v) is 40.6. The van der Waals surface area contributed by atoms with E-state index in [2.05, 4.69) is 241 Å². The molecule has 0 fully saturated rings. The molecule has 8 heterocycles. The second kappa shape index (κ2) is 18.6. The number of allylic oxidation sites excluding steroid dienone is 6. The van der Waals surface area contributed by atoms with Gasteiger partial charge in [0.1, 0.15) is 0 Å². The second-order valence-corrected chi connectivity index (χ2v) is 22.6. The number of aromatic amines is 1. The maximum absolute atomic E-state index is 5.53. The fraction of sp³-hybridized carbons (Fsp3) is 0.0667. The van der Waals surface area contributed by atoms with Crippen molar-refractivity contribution in [2.75, 3.05) is 0 Å². The summed E-state index contributed by atoms with van der Waals surface area (Å²) in [6.07, 6.45) is 26.9. The van der Waals surface area contributed by atoms with Crippen molar-refractivity contribution in [2.45, 2.75) is 22.6 Å². The van der Waals surface area contributed by atoms with Gasteiger partial charge in [0, 0.05) is 0 Å². The first-order valence-corrected chi connectivity index (χ1v) is 27.1. The van der Waals surface area contributed by atoms with Gasteiger partial charge in [-0.05, 0) is 0 Å². The van der Waals surface area contributed by atoms with Crippen molar-refractivity contribution in [1.29, 1.82) is 0 Å². The number of H-pyrrole nitrogens is 1. The number of aromatic nitrogens is 1. The van der Waals surface area contributed by atoms with Gasteiger partial charge in [0.25, 0.3) is 0 Å². The zero-order valence-electron chi connectivity index (χ0n) is 36.4. The summed E-state index contributed by atoms with van der Waals surface area (Å²) in [6, 6.07) is 57.3. The van der Waals surface area contributed by atoms with Crippen LogP contribution < -0.4 is 24.2 Å². The number of fused-ring (bicyclic) bond motifs is 13. The number of thioether (sulfide) groups is 1. The summed E-state index contributed by atoms with van der Waals surface area (Å²) in [6.45, 7) is 0. The van der Waals surface area contributed by atoms with E-state index in [9.17, 15) is 0 Å². The third-order valence-electron chi connectivity index (χ3n) is 12.6. The van der Waals surface area contributed by atoms with Crippen molar-refractivity contribution in [2.24, 2.45) is 9.98 Å². The van der Waals surface area contributed by atoms with Gasteiger partial charge in [-0.2, -0.15) is 0 Å². The molecule has 322 valence electrons. The number of rotatable bonds is 4. The molecular formula is C60H44N4SSe2. The molecule has 7 heteroatoms. The molecule has 14 bridgehead atoms. The molecule has 12 rings (SSSR count). The van der Waals surface area contributed by atoms with E-state index in [0.29, 0.717) is 0 Å². The molecule has 5 aliphatic rings. The van der Waals surface area contributed by atoms with E-state index in [1.165, 1.54) is 60.9 Å². The van der Waals surface area contributed by atoms with Gasteiger partial charge >= 0.3 is 397 Å². The molecule has 4 aromatic carbocycles. The van der Waals surface area contributed by atoms with Crippen LogP contribution in [0.15, 0.2) is 246 Å². The standard InChI is InChI=1S/C60H44N4SSe2/c1-5-17-39(18-6-1)57-48-32-29-44(62-48)43-25-13-14-26-47(61-43)59(41-21-9-3-10-22-41)55-37-35-53(66-55)54-36-38-56(67-54)60(42-23-11-4-12-24-42)50-34-31-46(64-50)45-30-33-49(63-45)58(40-19-7-2-8-20-40)52-28-16-15-27-51(57)65-52/h1-38,43,47,51-52,61,63H/b46-45-,54-53-,57-48+,58-49-,59-55-,60-56-. The van der Waals surface area contributed by atoms with E-state index in [1.54, 1.807) is 0 Å². The van der Waals surface area contributed by atoms with Gasteiger partial charge in [-0.3, -0.25) is 0 Å². The van der Waals surface area contributed by atoms with Crippen LogP contribution in [0.2, 0.25) is 0 Å². The Morgan fingerprint density at radius 3 is 1.61 bits per heavy atom. The fourth-order valence-electron chi connectivity index (χ4n) is 9.48. The van der Waals surface area contributed by atoms with Crippen LogP contribution in [-0.2, 0) is 0 Å². The molecular weight excluding hydrogens is 967 g/mol. The van der Waals surface area contributed by atoms with E-state index in [-0.39, 0.29) is 51.6 Å². The van der Waals surface area contributed by atoms with Crippen molar-refractivity contribution >= 4 is 80.2 Å². The number of benzene rings is 4. The summed E-state index contributed by atoms with van der Waals surface area (Å²) in [5.74, 6) is 0. The Hall–Kier alpha value is -6.53. The van der Waals surface area contributed by atoms with Gasteiger partial charge < -0.3 is 0 Å². The van der Waals surface area contributed by atoms with Crippen molar-refractivity contribution in [3.8, 4) is 0 Å². The Labute approximate surface area is 405 Å². The van der Waals surface area contributed by atoms with Gasteiger partial charge in [-0.15, -0.1) is 0 Å². The van der Waals surface area contributed by atoms with Crippen molar-refractivity contribution < 1.29 is 0 Å². The van der Waals surface area contributed by atoms with Crippen LogP contribution in [-0.4, -0.2) is 68.0 Å². The molecule has 67 heavy (non-hydrogen) atoms. The first-order chi connectivity index (χ1) is 33.2.